The number of benzene rings is 1. The van der Waals surface area contributed by atoms with Gasteiger partial charge < -0.3 is 24.1 Å². The number of hydrogen-bond donors (Lipinski definition) is 1. The number of fused-ring (bicyclic) bond motifs is 1. The van der Waals surface area contributed by atoms with Crippen LogP contribution in [0.25, 0.3) is 0 Å². The van der Waals surface area contributed by atoms with Gasteiger partial charge >= 0.3 is 6.18 Å². The number of nitrogens with zero attached hydrogens (tertiary/aromatic N) is 2. The van der Waals surface area contributed by atoms with E-state index in [2.05, 4.69) is 10.3 Å². The van der Waals surface area contributed by atoms with Crippen molar-refractivity contribution in [1.29, 1.82) is 0 Å². The molecule has 2 aliphatic rings. The molecule has 7 nitrogen and oxygen atoms in total. The molecule has 0 radical (unpaired) electrons. The molecule has 12 heteroatoms. The minimum Gasteiger partial charge on any atom is -0.484 e. The molecule has 37 heavy (non-hydrogen) atoms. The molecule has 0 aliphatic heterocycles. The summed E-state index contributed by atoms with van der Waals surface area (Å²) in [5.74, 6) is -3.15. The molecule has 3 atom stereocenters. The summed E-state index contributed by atoms with van der Waals surface area (Å²) in [7, 11) is 1.47. The number of aromatic nitrogens is 1. The predicted molar refractivity (Wildman–Crippen MR) is 125 cm³/mol. The zero-order valence-corrected chi connectivity index (χ0v) is 20.8. The van der Waals surface area contributed by atoms with Crippen molar-refractivity contribution in [1.82, 2.24) is 4.98 Å². The topological polar surface area (TPSA) is 76.8 Å². The standard InChI is InChI=1S/C25H30F5N3O4/c1-13(2)12-33(4-5-35-3)24-32-21(20(37-24)11-25(28,29)30)23(34)31-16-9-18(26)22(19(27)10-16)36-17-7-14-6-15(14)8-17/h9-10,13-15,17H,4-8,11-12H2,1-3H3,(H,31,34)/t14-,15?,17+/m0/s1. The minimum absolute atomic E-state index is 0.105. The molecule has 2 aliphatic carbocycles. The molecule has 4 rings (SSSR count). The van der Waals surface area contributed by atoms with Crippen molar-refractivity contribution in [2.24, 2.45) is 17.8 Å². The fraction of sp³-hybridized carbons (Fsp3) is 0.600. The summed E-state index contributed by atoms with van der Waals surface area (Å²) in [6.07, 6.45) is -3.87. The van der Waals surface area contributed by atoms with Crippen molar-refractivity contribution < 1.29 is 40.6 Å². The van der Waals surface area contributed by atoms with Gasteiger partial charge in [0.05, 0.1) is 12.7 Å². The third kappa shape index (κ3) is 6.91. The van der Waals surface area contributed by atoms with Gasteiger partial charge in [0.1, 0.15) is 12.2 Å². The van der Waals surface area contributed by atoms with E-state index < -0.39 is 47.3 Å². The zero-order valence-electron chi connectivity index (χ0n) is 20.8. The van der Waals surface area contributed by atoms with Crippen LogP contribution >= 0.6 is 0 Å². The van der Waals surface area contributed by atoms with Crippen LogP contribution < -0.4 is 15.0 Å². The molecule has 1 aromatic carbocycles. The van der Waals surface area contributed by atoms with Crippen molar-refractivity contribution in [3.8, 4) is 5.75 Å². The Morgan fingerprint density at radius 2 is 1.84 bits per heavy atom. The van der Waals surface area contributed by atoms with Crippen LogP contribution in [0.15, 0.2) is 16.5 Å². The third-order valence-electron chi connectivity index (χ3n) is 6.42. The first-order valence-electron chi connectivity index (χ1n) is 12.2. The molecule has 0 saturated heterocycles. The van der Waals surface area contributed by atoms with E-state index in [4.69, 9.17) is 13.9 Å². The first-order chi connectivity index (χ1) is 17.4. The molecular formula is C25H30F5N3O4. The fourth-order valence-electron chi connectivity index (χ4n) is 4.72. The summed E-state index contributed by atoms with van der Waals surface area (Å²) in [4.78, 5) is 18.5. The van der Waals surface area contributed by atoms with Gasteiger partial charge in [0.2, 0.25) is 0 Å². The van der Waals surface area contributed by atoms with Gasteiger partial charge in [0.25, 0.3) is 11.9 Å². The summed E-state index contributed by atoms with van der Waals surface area (Å²) in [6, 6.07) is 1.55. The number of oxazole rings is 1. The van der Waals surface area contributed by atoms with Crippen LogP contribution in [0.3, 0.4) is 0 Å². The monoisotopic (exact) mass is 531 g/mol. The van der Waals surface area contributed by atoms with E-state index in [0.29, 0.717) is 18.4 Å². The Labute approximate surface area is 211 Å². The number of nitrogens with one attached hydrogen (secondary N) is 1. The number of methoxy groups -OCH3 is 1. The molecule has 204 valence electrons. The summed E-state index contributed by atoms with van der Waals surface area (Å²) in [5.41, 5.74) is -0.910. The van der Waals surface area contributed by atoms with Gasteiger partial charge in [0, 0.05) is 38.0 Å². The molecule has 2 aromatic rings. The number of anilines is 2. The Bertz CT molecular complexity index is 1090. The van der Waals surface area contributed by atoms with Crippen molar-refractivity contribution in [3.63, 3.8) is 0 Å². The smallest absolute Gasteiger partial charge is 0.396 e. The van der Waals surface area contributed by atoms with E-state index in [9.17, 15) is 26.7 Å². The van der Waals surface area contributed by atoms with Crippen LogP contribution in [0.1, 0.15) is 49.4 Å². The molecule has 1 heterocycles. The second-order valence-corrected chi connectivity index (χ2v) is 10.1. The van der Waals surface area contributed by atoms with Gasteiger partial charge in [0.15, 0.2) is 23.1 Å². The number of alkyl halides is 3. The average molecular weight is 532 g/mol. The number of carbonyl (C=O) groups excluding carboxylic acids is 1. The molecule has 0 bridgehead atoms. The first-order valence-corrected chi connectivity index (χ1v) is 12.2. The largest absolute Gasteiger partial charge is 0.484 e. The highest BCUT2D eigenvalue weighted by Gasteiger charge is 2.47. The fourth-order valence-corrected chi connectivity index (χ4v) is 4.72. The maximum Gasteiger partial charge on any atom is 0.396 e. The number of hydrogen-bond acceptors (Lipinski definition) is 6. The normalized spacial score (nSPS) is 20.7. The van der Waals surface area contributed by atoms with Gasteiger partial charge in [-0.05, 0) is 37.0 Å². The van der Waals surface area contributed by atoms with Crippen molar-refractivity contribution in [2.75, 3.05) is 37.0 Å². The Kier molecular flexibility index (Phi) is 7.96. The highest BCUT2D eigenvalue weighted by Crippen LogP contribution is 2.52. The van der Waals surface area contributed by atoms with E-state index >= 15 is 0 Å². The number of amides is 1. The number of rotatable bonds is 11. The van der Waals surface area contributed by atoms with Gasteiger partial charge in [-0.3, -0.25) is 4.79 Å². The van der Waals surface area contributed by atoms with Crippen molar-refractivity contribution in [2.45, 2.75) is 51.8 Å². The van der Waals surface area contributed by atoms with E-state index in [0.717, 1.165) is 31.4 Å². The van der Waals surface area contributed by atoms with Crippen LogP contribution in [0, 0.1) is 29.4 Å². The lowest BCUT2D eigenvalue weighted by molar-refractivity contribution is -0.130. The third-order valence-corrected chi connectivity index (χ3v) is 6.42. The molecule has 1 N–H and O–H groups in total. The lowest BCUT2D eigenvalue weighted by atomic mass is 10.2. The van der Waals surface area contributed by atoms with E-state index in [1.807, 2.05) is 13.8 Å². The van der Waals surface area contributed by atoms with Crippen molar-refractivity contribution >= 4 is 17.6 Å². The molecule has 1 aromatic heterocycles. The van der Waals surface area contributed by atoms with Crippen LogP contribution in [0.2, 0.25) is 0 Å². The zero-order chi connectivity index (χ0) is 26.9. The van der Waals surface area contributed by atoms with Crippen LogP contribution in [-0.2, 0) is 11.2 Å². The van der Waals surface area contributed by atoms with Gasteiger partial charge in [-0.15, -0.1) is 0 Å². The van der Waals surface area contributed by atoms with E-state index in [1.54, 1.807) is 4.90 Å². The predicted octanol–water partition coefficient (Wildman–Crippen LogP) is 5.60. The minimum atomic E-state index is -4.68. The SMILES string of the molecule is COCCN(CC(C)C)c1nc(C(=O)Nc2cc(F)c(O[C@H]3CC4C[C@H]4C3)c(F)c2)c(CC(F)(F)F)o1. The summed E-state index contributed by atoms with van der Waals surface area (Å²) in [5, 5.41) is 2.23. The molecule has 2 saturated carbocycles. The van der Waals surface area contributed by atoms with E-state index in [1.165, 1.54) is 7.11 Å². The Morgan fingerprint density at radius 1 is 1.19 bits per heavy atom. The van der Waals surface area contributed by atoms with Crippen molar-refractivity contribution in [3.05, 3.63) is 35.2 Å². The maximum absolute atomic E-state index is 14.7. The summed E-state index contributed by atoms with van der Waals surface area (Å²) < 4.78 is 84.9. The molecule has 2 fully saturated rings. The molecule has 0 spiro atoms. The quantitative estimate of drug-likeness (QED) is 0.381. The van der Waals surface area contributed by atoms with Crippen LogP contribution in [0.4, 0.5) is 33.7 Å². The lowest BCUT2D eigenvalue weighted by Crippen LogP contribution is -2.31. The number of carbonyl (C=O) groups is 1. The Balaban J connectivity index is 1.54. The lowest BCUT2D eigenvalue weighted by Gasteiger charge is -2.22. The molecule has 1 unspecified atom stereocenters. The molecule has 1 amide bonds. The van der Waals surface area contributed by atoms with Crippen LogP contribution in [-0.4, -0.2) is 50.0 Å². The summed E-state index contributed by atoms with van der Waals surface area (Å²) >= 11 is 0. The second kappa shape index (κ2) is 10.8. The maximum atomic E-state index is 14.7. The number of ether oxygens (including phenoxy) is 2. The van der Waals surface area contributed by atoms with Gasteiger partial charge in [-0.2, -0.15) is 18.2 Å². The molecular weight excluding hydrogens is 501 g/mol. The highest BCUT2D eigenvalue weighted by atomic mass is 19.4. The number of halogens is 5. The summed E-state index contributed by atoms with van der Waals surface area (Å²) in [6.45, 7) is 4.71. The Hall–Kier alpha value is -2.89. The Morgan fingerprint density at radius 3 is 2.41 bits per heavy atom. The first kappa shape index (κ1) is 27.2. The second-order valence-electron chi connectivity index (χ2n) is 10.1. The van der Waals surface area contributed by atoms with E-state index in [-0.39, 0.29) is 36.9 Å². The van der Waals surface area contributed by atoms with Gasteiger partial charge in [-0.1, -0.05) is 13.8 Å². The van der Waals surface area contributed by atoms with Crippen LogP contribution in [0.5, 0.6) is 5.75 Å². The van der Waals surface area contributed by atoms with Gasteiger partial charge in [-0.25, -0.2) is 8.78 Å². The highest BCUT2D eigenvalue weighted by molar-refractivity contribution is 6.03. The average Bonchev–Trinajstić information content (AvgIpc) is 3.19.